The zero-order chi connectivity index (χ0) is 5.86. The summed E-state index contributed by atoms with van der Waals surface area (Å²) in [6.07, 6.45) is 0. The summed E-state index contributed by atoms with van der Waals surface area (Å²) in [6.45, 7) is 1.05. The predicted octanol–water partition coefficient (Wildman–Crippen LogP) is -1.61. The second-order valence-corrected chi connectivity index (χ2v) is 1.39. The van der Waals surface area contributed by atoms with Crippen molar-refractivity contribution in [1.29, 1.82) is 0 Å². The molecule has 4 nitrogen and oxygen atoms in total. The molecule has 8 heteroatoms. The molecule has 0 saturated heterocycles. The van der Waals surface area contributed by atoms with E-state index in [1.807, 2.05) is 0 Å². The topological polar surface area (TPSA) is 63.6 Å². The summed E-state index contributed by atoms with van der Waals surface area (Å²) in [6, 6.07) is 0. The van der Waals surface area contributed by atoms with Crippen LogP contribution in [-0.4, -0.2) is 118 Å². The largest absolute Gasteiger partial charge is 0 e. The molecule has 0 aliphatic rings. The van der Waals surface area contributed by atoms with E-state index in [1.165, 1.54) is 0 Å². The minimum absolute atomic E-state index is 0. The van der Waals surface area contributed by atoms with Gasteiger partial charge in [-0.15, -0.1) is 0 Å². The number of carbonyl (C=O) groups is 1. The monoisotopic (exact) mass is 268 g/mol. The van der Waals surface area contributed by atoms with Gasteiger partial charge in [0.2, 0.25) is 0 Å². The third-order valence-electron chi connectivity index (χ3n) is 0.189. The van der Waals surface area contributed by atoms with Crippen LogP contribution >= 0.6 is 0 Å². The maximum atomic E-state index is 9.68. The van der Waals surface area contributed by atoms with Gasteiger partial charge in [-0.05, 0) is 0 Å². The fraction of sp³-hybridized carbons (Fsp3) is 0.500. The Morgan fingerprint density at radius 2 is 1.80 bits per heavy atom. The van der Waals surface area contributed by atoms with Crippen LogP contribution in [0.2, 0.25) is 0 Å². The molecule has 0 aliphatic heterocycles. The van der Waals surface area contributed by atoms with Crippen LogP contribution in [0, 0.1) is 0 Å². The van der Waals surface area contributed by atoms with Crippen molar-refractivity contribution in [1.82, 2.24) is 0 Å². The van der Waals surface area contributed by atoms with E-state index in [0.717, 1.165) is 6.92 Å². The third kappa shape index (κ3) is 22.5. The van der Waals surface area contributed by atoms with E-state index in [0.29, 0.717) is 0 Å². The van der Waals surface area contributed by atoms with E-state index in [1.54, 1.807) is 0 Å². The molecule has 0 radical (unpaired) electrons. The molecular weight excluding hydrogens is 264 g/mol. The van der Waals surface area contributed by atoms with Gasteiger partial charge in [0.25, 0.3) is 0 Å². The van der Waals surface area contributed by atoms with Gasteiger partial charge >= 0.3 is 120 Å². The maximum absolute atomic E-state index is 9.68. The van der Waals surface area contributed by atoms with Crippen LogP contribution in [0.15, 0.2) is 0 Å². The molecule has 0 saturated carbocycles. The molecule has 0 fully saturated rings. The van der Waals surface area contributed by atoms with Crippen molar-refractivity contribution in [3.63, 3.8) is 0 Å². The van der Waals surface area contributed by atoms with Crippen molar-refractivity contribution >= 4 is 120 Å². The Morgan fingerprint density at radius 1 is 1.50 bits per heavy atom. The molecule has 0 aromatic rings. The van der Waals surface area contributed by atoms with Gasteiger partial charge in [-0.1, -0.05) is 0 Å². The van der Waals surface area contributed by atoms with Crippen LogP contribution in [-0.2, 0) is 39.8 Å². The quantitative estimate of drug-likeness (QED) is 0.459. The smallest absolute Gasteiger partial charge is 0 e. The van der Waals surface area contributed by atoms with Gasteiger partial charge in [0.05, 0.1) is 0 Å². The molecule has 0 spiro atoms. The maximum Gasteiger partial charge on any atom is 0 e. The van der Waals surface area contributed by atoms with Crippen LogP contribution in [0.25, 0.3) is 0 Å². The minimum Gasteiger partial charge on any atom is 0 e. The second kappa shape index (κ2) is 15.0. The zero-order valence-electron chi connectivity index (χ0n) is 4.29. The van der Waals surface area contributed by atoms with Crippen LogP contribution in [0.5, 0.6) is 0 Å². The Morgan fingerprint density at radius 3 is 1.80 bits per heavy atom. The first-order valence-corrected chi connectivity index (χ1v) is 2.46. The summed E-state index contributed by atoms with van der Waals surface area (Å²) in [5, 5.41) is 0. The van der Waals surface area contributed by atoms with Gasteiger partial charge in [-0.2, -0.15) is 4.21 Å². The van der Waals surface area contributed by atoms with E-state index in [-0.39, 0.29) is 122 Å². The first kappa shape index (κ1) is 23.4. The van der Waals surface area contributed by atoms with Crippen molar-refractivity contribution in [2.75, 3.05) is 0 Å². The molecule has 0 bridgehead atoms. The Hall–Kier alpha value is 3.48. The normalized spacial score (nSPS) is 9.00. The van der Waals surface area contributed by atoms with E-state index >= 15 is 0 Å². The van der Waals surface area contributed by atoms with Crippen molar-refractivity contribution in [3.05, 3.63) is 0 Å². The Labute approximate surface area is 160 Å². The van der Waals surface area contributed by atoms with Gasteiger partial charge in [0, 0.05) is 26.4 Å². The van der Waals surface area contributed by atoms with E-state index in [2.05, 4.69) is 4.18 Å². The number of rotatable bonds is 1. The summed E-state index contributed by atoms with van der Waals surface area (Å²) in [5.74, 6) is -0.763. The van der Waals surface area contributed by atoms with Gasteiger partial charge in [-0.25, -0.2) is 0 Å². The molecule has 0 aliphatic carbocycles. The molecule has 1 atom stereocenters. The molecule has 1 unspecified atom stereocenters. The molecule has 1 N–H and O–H groups in total. The van der Waals surface area contributed by atoms with Crippen LogP contribution < -0.4 is 0 Å². The van der Waals surface area contributed by atoms with Crippen molar-refractivity contribution in [2.24, 2.45) is 0 Å². The summed E-state index contributed by atoms with van der Waals surface area (Å²) in [4.78, 5) is 9.68. The fourth-order valence-corrected chi connectivity index (χ4v) is 0.301. The summed E-state index contributed by atoms with van der Waals surface area (Å²) in [5.41, 5.74) is 0. The Balaban J connectivity index is -0.0000000600. The molecule has 0 heterocycles. The summed E-state index contributed by atoms with van der Waals surface area (Å²) >= 11 is -2.45. The van der Waals surface area contributed by atoms with Gasteiger partial charge in [0.15, 0.2) is 0 Å². The van der Waals surface area contributed by atoms with Crippen molar-refractivity contribution in [2.45, 2.75) is 6.92 Å². The molecule has 48 valence electrons. The fourth-order valence-electron chi connectivity index (χ4n) is 0.100. The van der Waals surface area contributed by atoms with Crippen molar-refractivity contribution < 1.29 is 37.2 Å². The van der Waals surface area contributed by atoms with Crippen LogP contribution in [0.3, 0.4) is 0 Å². The third-order valence-corrected chi connectivity index (χ3v) is 0.566. The van der Waals surface area contributed by atoms with Crippen LogP contribution in [0.4, 0.5) is 0 Å². The van der Waals surface area contributed by atoms with E-state index in [4.69, 9.17) is 4.55 Å². The van der Waals surface area contributed by atoms with E-state index < -0.39 is 17.3 Å². The minimum atomic E-state index is -2.45. The van der Waals surface area contributed by atoms with Crippen LogP contribution in [0.1, 0.15) is 6.92 Å². The zero-order valence-corrected chi connectivity index (χ0v) is 8.07. The number of carbonyl (C=O) groups excluding carboxylic acids is 1. The molecule has 0 rings (SSSR count). The first-order chi connectivity index (χ1) is 3.13. The van der Waals surface area contributed by atoms with E-state index in [9.17, 15) is 9.00 Å². The SMILES string of the molecule is CC(=O)OS(=O)O.[KH].[KH].[Zn]. The van der Waals surface area contributed by atoms with Crippen molar-refractivity contribution in [3.8, 4) is 0 Å². The molecular formula is C2H6K2O4SZn. The first-order valence-electron chi connectivity index (χ1n) is 1.42. The number of hydrogen-bond donors (Lipinski definition) is 1. The molecule has 0 amide bonds. The van der Waals surface area contributed by atoms with Gasteiger partial charge in [-0.3, -0.25) is 9.35 Å². The Bertz CT molecular complexity index is 97.4. The molecule has 0 aromatic heterocycles. The van der Waals surface area contributed by atoms with Gasteiger partial charge in [0.1, 0.15) is 0 Å². The summed E-state index contributed by atoms with van der Waals surface area (Å²) in [7, 11) is 0. The molecule has 0 aromatic carbocycles. The molecule has 10 heavy (non-hydrogen) atoms. The predicted molar refractivity (Wildman–Crippen MR) is 36.8 cm³/mol. The summed E-state index contributed by atoms with van der Waals surface area (Å²) < 4.78 is 20.9. The average Bonchev–Trinajstić information content (AvgIpc) is 1.27. The van der Waals surface area contributed by atoms with Gasteiger partial charge < -0.3 is 4.18 Å². The average molecular weight is 270 g/mol. The Kier molecular flexibility index (Phi) is 35.0. The standard InChI is InChI=1S/C2H4O4S.2K.Zn.2H/c1-2(3)6-7(4)5;;;;;/h1H3,(H,4,5);;;;;. The second-order valence-electron chi connectivity index (χ2n) is 0.792. The number of hydrogen-bond acceptors (Lipinski definition) is 3.